The molecule has 1 aromatic rings. The van der Waals surface area contributed by atoms with Gasteiger partial charge in [-0.05, 0) is 117 Å². The van der Waals surface area contributed by atoms with Gasteiger partial charge in [-0.2, -0.15) is 0 Å². The fourth-order valence-electron chi connectivity index (χ4n) is 10.7. The van der Waals surface area contributed by atoms with Crippen molar-refractivity contribution in [1.82, 2.24) is 25.1 Å². The highest BCUT2D eigenvalue weighted by atomic mass is 16.6. The molecular weight excluding hydrogens is 945 g/mol. The van der Waals surface area contributed by atoms with Gasteiger partial charge in [-0.15, -0.1) is 5.10 Å². The van der Waals surface area contributed by atoms with Crippen molar-refractivity contribution < 1.29 is 62.8 Å². The van der Waals surface area contributed by atoms with Crippen molar-refractivity contribution >= 4 is 29.2 Å². The van der Waals surface area contributed by atoms with E-state index in [1.165, 1.54) is 12.0 Å². The first-order chi connectivity index (χ1) is 34.6. The minimum absolute atomic E-state index is 0.0170. The summed E-state index contributed by atoms with van der Waals surface area (Å²) in [4.78, 5) is 80.6. The van der Waals surface area contributed by atoms with E-state index in [1.807, 2.05) is 58.1 Å². The number of cyclic esters (lactones) is 1. The number of amides is 1. The number of nitro groups is 1. The summed E-state index contributed by atoms with van der Waals surface area (Å²) in [7, 11) is 5.51. The highest BCUT2D eigenvalue weighted by Crippen LogP contribution is 2.39. The molecule has 20 heteroatoms. The van der Waals surface area contributed by atoms with E-state index in [9.17, 15) is 34.2 Å². The van der Waals surface area contributed by atoms with Gasteiger partial charge in [-0.25, -0.2) is 9.48 Å². The van der Waals surface area contributed by atoms with Crippen molar-refractivity contribution in [3.63, 3.8) is 0 Å². The van der Waals surface area contributed by atoms with Crippen LogP contribution >= 0.6 is 0 Å². The van der Waals surface area contributed by atoms with Crippen molar-refractivity contribution in [2.45, 2.75) is 180 Å². The van der Waals surface area contributed by atoms with E-state index in [1.54, 1.807) is 52.1 Å². The first-order valence-electron chi connectivity index (χ1n) is 25.9. The van der Waals surface area contributed by atoms with Gasteiger partial charge in [0, 0.05) is 63.4 Å². The average Bonchev–Trinajstić information content (AvgIpc) is 3.90. The van der Waals surface area contributed by atoms with Gasteiger partial charge in [-0.1, -0.05) is 71.1 Å². The number of fused-ring (bicyclic) bond motifs is 3. The number of rotatable bonds is 7. The number of piperidine rings is 1. The highest BCUT2D eigenvalue weighted by molar-refractivity contribution is 6.39. The van der Waals surface area contributed by atoms with E-state index >= 15 is 0 Å². The first-order valence-corrected chi connectivity index (χ1v) is 25.9. The van der Waals surface area contributed by atoms with Crippen LogP contribution in [0.3, 0.4) is 0 Å². The van der Waals surface area contributed by atoms with Crippen molar-refractivity contribution in [3.8, 4) is 0 Å². The normalized spacial score (nSPS) is 37.0. The Morgan fingerprint density at radius 3 is 2.27 bits per heavy atom. The number of methoxy groups -OCH3 is 3. The van der Waals surface area contributed by atoms with Crippen molar-refractivity contribution in [3.05, 3.63) is 64.0 Å². The summed E-state index contributed by atoms with van der Waals surface area (Å²) < 4.78 is 31.6. The maximum atomic E-state index is 14.5. The van der Waals surface area contributed by atoms with Gasteiger partial charge in [0.2, 0.25) is 5.79 Å². The van der Waals surface area contributed by atoms with Gasteiger partial charge >= 0.3 is 5.97 Å². The predicted molar refractivity (Wildman–Crippen MR) is 269 cm³/mol. The van der Waals surface area contributed by atoms with Crippen LogP contribution < -0.4 is 0 Å². The van der Waals surface area contributed by atoms with Crippen LogP contribution in [0.4, 0.5) is 0 Å². The van der Waals surface area contributed by atoms with Gasteiger partial charge in [0.05, 0.1) is 24.4 Å². The van der Waals surface area contributed by atoms with Gasteiger partial charge < -0.3 is 38.8 Å². The molecule has 2 saturated heterocycles. The van der Waals surface area contributed by atoms with Gasteiger partial charge in [0.25, 0.3) is 11.7 Å². The largest absolute Gasteiger partial charge is 0.460 e. The van der Waals surface area contributed by atoms with Crippen LogP contribution in [0.1, 0.15) is 132 Å². The van der Waals surface area contributed by atoms with Crippen LogP contribution in [0.15, 0.2) is 53.9 Å². The molecule has 1 saturated carbocycles. The Bertz CT molecular complexity index is 2120. The number of tetrazole rings is 1. The molecule has 2 N–H and O–H groups in total. The van der Waals surface area contributed by atoms with Crippen molar-refractivity contribution in [2.24, 2.45) is 35.5 Å². The summed E-state index contributed by atoms with van der Waals surface area (Å²) >= 11 is 0. The third-order valence-corrected chi connectivity index (χ3v) is 15.2. The highest BCUT2D eigenvalue weighted by Gasteiger charge is 2.53. The monoisotopic (exact) mass is 1030 g/mol. The van der Waals surface area contributed by atoms with E-state index in [-0.39, 0.29) is 60.9 Å². The molecule has 73 heavy (non-hydrogen) atoms. The molecule has 1 unspecified atom stereocenters. The van der Waals surface area contributed by atoms with Gasteiger partial charge in [0.15, 0.2) is 12.8 Å². The number of aliphatic hydroxyl groups excluding tert-OH is 1. The number of hydrogen-bond donors (Lipinski definition) is 2. The fourth-order valence-corrected chi connectivity index (χ4v) is 10.7. The number of allylic oxidation sites excluding steroid dienone is 6. The molecule has 1 aromatic heterocycles. The Morgan fingerprint density at radius 1 is 0.918 bits per heavy atom. The van der Waals surface area contributed by atoms with Crippen LogP contribution in [-0.4, -0.2) is 153 Å². The second-order valence-electron chi connectivity index (χ2n) is 20.8. The Hall–Kier alpha value is -4.86. The zero-order chi connectivity index (χ0) is 54.2. The number of aliphatic hydroxyl groups is 2. The summed E-state index contributed by atoms with van der Waals surface area (Å²) in [6, 6.07) is -1.19. The van der Waals surface area contributed by atoms with E-state index < -0.39 is 82.7 Å². The minimum Gasteiger partial charge on any atom is -0.460 e. The maximum Gasteiger partial charge on any atom is 0.329 e. The summed E-state index contributed by atoms with van der Waals surface area (Å²) in [6.07, 6.45) is 13.9. The lowest BCUT2D eigenvalue weighted by Gasteiger charge is -2.42. The predicted octanol–water partition coefficient (Wildman–Crippen LogP) is 5.94. The van der Waals surface area contributed by atoms with Crippen molar-refractivity contribution in [2.75, 3.05) is 34.9 Å². The van der Waals surface area contributed by atoms with Crippen LogP contribution in [-0.2, 0) is 47.7 Å². The lowest BCUT2D eigenvalue weighted by atomic mass is 9.77. The van der Waals surface area contributed by atoms with E-state index in [0.717, 1.165) is 25.5 Å². The Morgan fingerprint density at radius 2 is 1.63 bits per heavy atom. The van der Waals surface area contributed by atoms with E-state index in [0.29, 0.717) is 56.9 Å². The van der Waals surface area contributed by atoms with Gasteiger partial charge in [0.1, 0.15) is 36.5 Å². The molecule has 15 atom stereocenters. The molecule has 4 heterocycles. The molecule has 4 aliphatic rings. The molecule has 0 radical (unpaired) electrons. The summed E-state index contributed by atoms with van der Waals surface area (Å²) in [5, 5.41) is 44.0. The van der Waals surface area contributed by atoms with Crippen LogP contribution in [0, 0.1) is 45.6 Å². The lowest BCUT2D eigenvalue weighted by Crippen LogP contribution is -2.61. The molecule has 0 aromatic carbocycles. The quantitative estimate of drug-likeness (QED) is 0.105. The van der Waals surface area contributed by atoms with Crippen molar-refractivity contribution in [1.29, 1.82) is 0 Å². The number of esters is 1. The number of nitrogens with zero attached hydrogens (tertiary/aromatic N) is 6. The third-order valence-electron chi connectivity index (χ3n) is 15.2. The zero-order valence-corrected chi connectivity index (χ0v) is 44.8. The van der Waals surface area contributed by atoms with E-state index in [2.05, 4.69) is 15.5 Å². The van der Waals surface area contributed by atoms with E-state index in [4.69, 9.17) is 33.8 Å². The number of carbonyl (C=O) groups is 5. The lowest BCUT2D eigenvalue weighted by molar-refractivity contribution is -0.445. The number of ketones is 3. The second-order valence-corrected chi connectivity index (χ2v) is 20.8. The molecule has 0 spiro atoms. The molecule has 3 fully saturated rings. The van der Waals surface area contributed by atoms with Crippen LogP contribution in [0.5, 0.6) is 0 Å². The number of Topliss-reactive ketones (excluding diaryl/α,β-unsaturated/α-hetero) is 3. The summed E-state index contributed by atoms with van der Waals surface area (Å²) in [5.41, 5.74) is 1.27. The molecule has 1 aliphatic carbocycles. The Kier molecular flexibility index (Phi) is 23.9. The maximum absolute atomic E-state index is 14.5. The smallest absolute Gasteiger partial charge is 0.329 e. The molecule has 2 bridgehead atoms. The molecule has 20 nitrogen and oxygen atoms in total. The number of ether oxygens (including phenoxy) is 5. The first kappa shape index (κ1) is 60.7. The van der Waals surface area contributed by atoms with Crippen LogP contribution in [0.25, 0.3) is 0 Å². The van der Waals surface area contributed by atoms with Gasteiger partial charge in [-0.3, -0.25) is 29.3 Å². The zero-order valence-electron chi connectivity index (χ0n) is 44.8. The fraction of sp³-hybridized carbons (Fsp3) is 0.736. The summed E-state index contributed by atoms with van der Waals surface area (Å²) in [6.45, 7) is 12.8. The molecule has 5 rings (SSSR count). The SMILES string of the molecule is CO[C@H]1CC2CC[C@@H](C)[C@@](O)(O2)C(=O)C(=O)N2CCCC[C@H]2C(=O)O[C@H]([C@H](C)C[C@@H]2CC[C@H](n3cnnn3)[C@H](OC)C2)CC(=O)[C@H](C)/C=C(\C)[C@@H](O)[C@@H](OC)C(=O)[C@H](C)C[C@H](C)/C=C/C=C/C=C/1C.C[N+](=O)[O-]. The number of hydrogen-bond acceptors (Lipinski definition) is 17. The molecule has 1 amide bonds. The third kappa shape index (κ3) is 16.8. The Labute approximate surface area is 430 Å². The summed E-state index contributed by atoms with van der Waals surface area (Å²) in [5.74, 6) is -7.92. The number of aromatic nitrogens is 4. The number of carbonyl (C=O) groups excluding carboxylic acids is 5. The van der Waals surface area contributed by atoms with Crippen LogP contribution in [0.2, 0.25) is 0 Å². The topological polar surface area (TPSA) is 262 Å². The second kappa shape index (κ2) is 28.7. The standard InChI is InChI=1S/C52H79N5O12.CH3NO2/c1-31-16-12-11-13-17-32(2)43(65-8)28-39-21-19-37(7)52(64,69-39)49(61)50(62)56-23-15-14-18-41(56)51(63)68-44(34(4)26-38-20-22-40(45(27-38)66-9)57-30-53-54-55-57)29-42(58)33(3)25-36(6)47(60)48(67-10)46(59)35(5)24-31;1-2(3)4/h11-13,16-17,25,30-31,33-35,37-41,43-45,47-48,60,64H,14-15,18-24,26-29H2,1-10H3;1H3/b13-11+,16-12+,32-17+,36-25+;/t31-,33-,34-,35-,37-,38+,39?,40+,41+,43+,44+,45-,47-,48+,52-;/m1./s1. The minimum atomic E-state index is -2.43. The molecule has 3 aliphatic heterocycles. The molecular formula is C53H82N6O14. The molecule has 408 valence electrons. The average molecular weight is 1030 g/mol. The Balaban J connectivity index is 0.00000278.